The maximum absolute atomic E-state index is 12.6. The molecule has 1 saturated carbocycles. The van der Waals surface area contributed by atoms with Crippen molar-refractivity contribution in [2.75, 3.05) is 13.1 Å². The van der Waals surface area contributed by atoms with Gasteiger partial charge in [-0.1, -0.05) is 0 Å². The fourth-order valence-electron chi connectivity index (χ4n) is 3.97. The molecule has 4 rings (SSSR count). The minimum Gasteiger partial charge on any atom is -0.489 e. The number of carbonyl (C=O) groups excluding carboxylic acids is 1. The maximum Gasteiger partial charge on any atom is 0.255 e. The molecule has 1 amide bonds. The number of nitrogens with zero attached hydrogens (tertiary/aromatic N) is 3. The molecule has 2 fully saturated rings. The van der Waals surface area contributed by atoms with Crippen LogP contribution in [0.25, 0.3) is 0 Å². The number of likely N-dealkylation sites (tertiary alicyclic amines) is 1. The Morgan fingerprint density at radius 1 is 1.20 bits per heavy atom. The summed E-state index contributed by atoms with van der Waals surface area (Å²) >= 11 is 0. The van der Waals surface area contributed by atoms with Crippen LogP contribution in [0.3, 0.4) is 0 Å². The SMILES string of the molecule is Cc1ccc(C(=O)N2CCC3(CC2)CC(Oc2cccnc2)C3)cn1. The van der Waals surface area contributed by atoms with E-state index in [0.717, 1.165) is 50.2 Å². The molecule has 0 unspecified atom stereocenters. The van der Waals surface area contributed by atoms with Crippen LogP contribution in [0, 0.1) is 12.3 Å². The van der Waals surface area contributed by atoms with Gasteiger partial charge in [-0.15, -0.1) is 0 Å². The van der Waals surface area contributed by atoms with Crippen molar-refractivity contribution >= 4 is 5.91 Å². The third-order valence-electron chi connectivity index (χ3n) is 5.53. The van der Waals surface area contributed by atoms with E-state index in [4.69, 9.17) is 4.74 Å². The summed E-state index contributed by atoms with van der Waals surface area (Å²) in [5, 5.41) is 0. The Balaban J connectivity index is 1.29. The van der Waals surface area contributed by atoms with Crippen molar-refractivity contribution in [3.05, 3.63) is 54.1 Å². The third kappa shape index (κ3) is 3.36. The molecule has 0 radical (unpaired) electrons. The van der Waals surface area contributed by atoms with Gasteiger partial charge in [0.25, 0.3) is 5.91 Å². The molecule has 130 valence electrons. The number of piperidine rings is 1. The molecular weight excluding hydrogens is 314 g/mol. The Bertz CT molecular complexity index is 729. The number of ether oxygens (including phenoxy) is 1. The van der Waals surface area contributed by atoms with Gasteiger partial charge in [-0.3, -0.25) is 14.8 Å². The van der Waals surface area contributed by atoms with Crippen LogP contribution in [0.1, 0.15) is 41.7 Å². The number of hydrogen-bond acceptors (Lipinski definition) is 4. The molecule has 0 atom stereocenters. The summed E-state index contributed by atoms with van der Waals surface area (Å²) in [5.41, 5.74) is 1.98. The van der Waals surface area contributed by atoms with Gasteiger partial charge in [0.1, 0.15) is 5.75 Å². The summed E-state index contributed by atoms with van der Waals surface area (Å²) < 4.78 is 5.98. The van der Waals surface area contributed by atoms with E-state index in [1.807, 2.05) is 36.1 Å². The van der Waals surface area contributed by atoms with Crippen molar-refractivity contribution in [3.63, 3.8) is 0 Å². The zero-order valence-corrected chi connectivity index (χ0v) is 14.5. The predicted octanol–water partition coefficient (Wildman–Crippen LogP) is 3.25. The first-order valence-corrected chi connectivity index (χ1v) is 8.92. The van der Waals surface area contributed by atoms with Crippen molar-refractivity contribution in [1.29, 1.82) is 0 Å². The van der Waals surface area contributed by atoms with Crippen LogP contribution in [0.5, 0.6) is 5.75 Å². The van der Waals surface area contributed by atoms with E-state index in [-0.39, 0.29) is 12.0 Å². The molecule has 1 aliphatic carbocycles. The molecule has 0 aromatic carbocycles. The lowest BCUT2D eigenvalue weighted by molar-refractivity contribution is -0.0509. The second-order valence-corrected chi connectivity index (χ2v) is 7.32. The van der Waals surface area contributed by atoms with Gasteiger partial charge in [0, 0.05) is 31.2 Å². The summed E-state index contributed by atoms with van der Waals surface area (Å²) in [6, 6.07) is 7.61. The fraction of sp³-hybridized carbons (Fsp3) is 0.450. The van der Waals surface area contributed by atoms with Crippen LogP contribution in [-0.4, -0.2) is 40.0 Å². The molecule has 1 spiro atoms. The quantitative estimate of drug-likeness (QED) is 0.863. The van der Waals surface area contributed by atoms with Gasteiger partial charge in [0.05, 0.1) is 17.9 Å². The Labute approximate surface area is 148 Å². The molecule has 2 aromatic rings. The lowest BCUT2D eigenvalue weighted by Crippen LogP contribution is -2.52. The fourth-order valence-corrected chi connectivity index (χ4v) is 3.97. The standard InChI is InChI=1S/C20H23N3O2/c1-15-4-5-16(13-22-15)19(24)23-9-6-20(7-10-23)11-18(12-20)25-17-3-2-8-21-14-17/h2-5,8,13-14,18H,6-7,9-12H2,1H3. The van der Waals surface area contributed by atoms with Crippen molar-refractivity contribution < 1.29 is 9.53 Å². The average molecular weight is 337 g/mol. The molecule has 0 N–H and O–H groups in total. The molecule has 1 aliphatic heterocycles. The largest absolute Gasteiger partial charge is 0.489 e. The van der Waals surface area contributed by atoms with Crippen LogP contribution < -0.4 is 4.74 Å². The van der Waals surface area contributed by atoms with Gasteiger partial charge < -0.3 is 9.64 Å². The molecular formula is C20H23N3O2. The highest BCUT2D eigenvalue weighted by Crippen LogP contribution is 2.50. The van der Waals surface area contributed by atoms with Crippen LogP contribution >= 0.6 is 0 Å². The number of aryl methyl sites for hydroxylation is 1. The highest BCUT2D eigenvalue weighted by atomic mass is 16.5. The van der Waals surface area contributed by atoms with E-state index in [2.05, 4.69) is 9.97 Å². The highest BCUT2D eigenvalue weighted by Gasteiger charge is 2.47. The summed E-state index contributed by atoms with van der Waals surface area (Å²) in [4.78, 5) is 22.9. The second kappa shape index (κ2) is 6.47. The van der Waals surface area contributed by atoms with Crippen molar-refractivity contribution in [3.8, 4) is 5.75 Å². The number of rotatable bonds is 3. The van der Waals surface area contributed by atoms with E-state index in [1.54, 1.807) is 18.6 Å². The number of carbonyl (C=O) groups is 1. The van der Waals surface area contributed by atoms with E-state index in [0.29, 0.717) is 11.0 Å². The topological polar surface area (TPSA) is 55.3 Å². The number of pyridine rings is 2. The first kappa shape index (κ1) is 16.1. The Kier molecular flexibility index (Phi) is 4.15. The first-order chi connectivity index (χ1) is 12.1. The van der Waals surface area contributed by atoms with Crippen LogP contribution in [0.2, 0.25) is 0 Å². The Morgan fingerprint density at radius 2 is 2.00 bits per heavy atom. The summed E-state index contributed by atoms with van der Waals surface area (Å²) in [6.45, 7) is 3.58. The number of amides is 1. The minimum atomic E-state index is 0.102. The number of aromatic nitrogens is 2. The molecule has 0 bridgehead atoms. The summed E-state index contributed by atoms with van der Waals surface area (Å²) in [6.07, 6.45) is 9.77. The van der Waals surface area contributed by atoms with Gasteiger partial charge in [-0.05, 0) is 62.3 Å². The normalized spacial score (nSPS) is 19.5. The maximum atomic E-state index is 12.6. The lowest BCUT2D eigenvalue weighted by Gasteiger charge is -2.51. The first-order valence-electron chi connectivity index (χ1n) is 8.92. The van der Waals surface area contributed by atoms with Crippen LogP contribution in [0.4, 0.5) is 0 Å². The molecule has 3 heterocycles. The Hall–Kier alpha value is -2.43. The van der Waals surface area contributed by atoms with E-state index in [1.165, 1.54) is 0 Å². The zero-order valence-electron chi connectivity index (χ0n) is 14.5. The lowest BCUT2D eigenvalue weighted by atomic mass is 9.61. The zero-order chi connectivity index (χ0) is 17.3. The van der Waals surface area contributed by atoms with Gasteiger partial charge in [0.15, 0.2) is 0 Å². The minimum absolute atomic E-state index is 0.102. The van der Waals surface area contributed by atoms with E-state index < -0.39 is 0 Å². The molecule has 1 saturated heterocycles. The second-order valence-electron chi connectivity index (χ2n) is 7.32. The van der Waals surface area contributed by atoms with Crippen molar-refractivity contribution in [2.24, 2.45) is 5.41 Å². The molecule has 5 heteroatoms. The van der Waals surface area contributed by atoms with Gasteiger partial charge in [0.2, 0.25) is 0 Å². The van der Waals surface area contributed by atoms with Gasteiger partial charge >= 0.3 is 0 Å². The van der Waals surface area contributed by atoms with Gasteiger partial charge in [-0.2, -0.15) is 0 Å². The molecule has 25 heavy (non-hydrogen) atoms. The smallest absolute Gasteiger partial charge is 0.255 e. The Morgan fingerprint density at radius 3 is 2.64 bits per heavy atom. The van der Waals surface area contributed by atoms with E-state index >= 15 is 0 Å². The average Bonchev–Trinajstić information content (AvgIpc) is 2.62. The predicted molar refractivity (Wildman–Crippen MR) is 94.4 cm³/mol. The van der Waals surface area contributed by atoms with Crippen molar-refractivity contribution in [2.45, 2.75) is 38.7 Å². The third-order valence-corrected chi connectivity index (χ3v) is 5.53. The van der Waals surface area contributed by atoms with Crippen molar-refractivity contribution in [1.82, 2.24) is 14.9 Å². The number of hydrogen-bond donors (Lipinski definition) is 0. The highest BCUT2D eigenvalue weighted by molar-refractivity contribution is 5.94. The summed E-state index contributed by atoms with van der Waals surface area (Å²) in [5.74, 6) is 0.951. The molecule has 5 nitrogen and oxygen atoms in total. The van der Waals surface area contributed by atoms with Crippen LogP contribution in [0.15, 0.2) is 42.9 Å². The monoisotopic (exact) mass is 337 g/mol. The molecule has 2 aliphatic rings. The van der Waals surface area contributed by atoms with E-state index in [9.17, 15) is 4.79 Å². The molecule has 2 aromatic heterocycles. The van der Waals surface area contributed by atoms with Gasteiger partial charge in [-0.25, -0.2) is 0 Å². The van der Waals surface area contributed by atoms with Crippen LogP contribution in [-0.2, 0) is 0 Å². The summed E-state index contributed by atoms with van der Waals surface area (Å²) in [7, 11) is 0.